The summed E-state index contributed by atoms with van der Waals surface area (Å²) in [6.45, 7) is 4.47. The van der Waals surface area contributed by atoms with E-state index < -0.39 is 6.04 Å². The van der Waals surface area contributed by atoms with Gasteiger partial charge in [0.1, 0.15) is 11.9 Å². The fourth-order valence-electron chi connectivity index (χ4n) is 6.28. The second kappa shape index (κ2) is 8.73. The molecule has 4 aliphatic rings. The number of likely N-dealkylation sites (tertiary alicyclic amines) is 1. The number of amides is 1. The molecule has 2 fully saturated rings. The van der Waals surface area contributed by atoms with Gasteiger partial charge >= 0.3 is 0 Å². The number of furan rings is 1. The molecular formula is C28H32N2O4. The van der Waals surface area contributed by atoms with Gasteiger partial charge in [0.2, 0.25) is 0 Å². The Labute approximate surface area is 200 Å². The number of fused-ring (bicyclic) bond motifs is 1. The standard InChI is InChI=1S/C28H32N2O4/c1-18-10-12-19(13-11-18)25-24-26(31)20-7-2-3-8-22(20)34-27(24)28(32)30(25)17-21(23-9-6-16-33-23)29-14-4-5-15-29/h6,9-13,16,20-22,25H,2-5,7-8,14-15,17H2,1H3. The highest BCUT2D eigenvalue weighted by Crippen LogP contribution is 2.47. The average molecular weight is 461 g/mol. The largest absolute Gasteiger partial charge is 0.483 e. The van der Waals surface area contributed by atoms with Crippen molar-refractivity contribution in [1.82, 2.24) is 9.80 Å². The Hall–Kier alpha value is -2.86. The molecule has 4 unspecified atom stereocenters. The molecule has 0 N–H and O–H groups in total. The van der Waals surface area contributed by atoms with Gasteiger partial charge in [-0.15, -0.1) is 0 Å². The first-order chi connectivity index (χ1) is 16.6. The molecule has 178 valence electrons. The van der Waals surface area contributed by atoms with Crippen LogP contribution in [0.15, 0.2) is 58.4 Å². The number of Topliss-reactive ketones (excluding diaryl/α,β-unsaturated/α-hetero) is 1. The lowest BCUT2D eigenvalue weighted by atomic mass is 9.77. The van der Waals surface area contributed by atoms with Crippen LogP contribution in [0.1, 0.15) is 67.5 Å². The number of ketones is 1. The zero-order valence-electron chi connectivity index (χ0n) is 19.7. The fraction of sp³-hybridized carbons (Fsp3) is 0.500. The maximum atomic E-state index is 13.9. The SMILES string of the molecule is Cc1ccc(C2C3=C(OC4CCCCC4C3=O)C(=O)N2CC(c2ccco2)N2CCCC2)cc1. The summed E-state index contributed by atoms with van der Waals surface area (Å²) in [5, 5.41) is 0. The molecule has 0 bridgehead atoms. The van der Waals surface area contributed by atoms with Gasteiger partial charge in [0.25, 0.3) is 5.91 Å². The van der Waals surface area contributed by atoms with Gasteiger partial charge in [0.05, 0.1) is 29.8 Å². The molecule has 1 saturated heterocycles. The number of ether oxygens (including phenoxy) is 1. The third-order valence-corrected chi connectivity index (χ3v) is 8.07. The Kier molecular flexibility index (Phi) is 5.56. The number of hydrogen-bond donors (Lipinski definition) is 0. The van der Waals surface area contributed by atoms with Crippen LogP contribution in [-0.2, 0) is 14.3 Å². The van der Waals surface area contributed by atoms with Crippen molar-refractivity contribution >= 4 is 11.7 Å². The minimum Gasteiger partial charge on any atom is -0.483 e. The van der Waals surface area contributed by atoms with Crippen LogP contribution in [0.5, 0.6) is 0 Å². The minimum absolute atomic E-state index is 0.0480. The van der Waals surface area contributed by atoms with Crippen LogP contribution in [-0.4, -0.2) is 47.2 Å². The normalized spacial score (nSPS) is 28.1. The predicted octanol–water partition coefficient (Wildman–Crippen LogP) is 4.72. The summed E-state index contributed by atoms with van der Waals surface area (Å²) in [7, 11) is 0. The van der Waals surface area contributed by atoms with E-state index in [0.29, 0.717) is 17.9 Å². The fourth-order valence-corrected chi connectivity index (χ4v) is 6.28. The van der Waals surface area contributed by atoms with E-state index >= 15 is 0 Å². The van der Waals surface area contributed by atoms with E-state index in [4.69, 9.17) is 9.15 Å². The lowest BCUT2D eigenvalue weighted by Gasteiger charge is -2.36. The molecule has 0 spiro atoms. The van der Waals surface area contributed by atoms with E-state index in [1.807, 2.05) is 36.1 Å². The summed E-state index contributed by atoms with van der Waals surface area (Å²) in [4.78, 5) is 32.0. The van der Waals surface area contributed by atoms with Gasteiger partial charge in [0, 0.05) is 6.54 Å². The predicted molar refractivity (Wildman–Crippen MR) is 127 cm³/mol. The maximum Gasteiger partial charge on any atom is 0.290 e. The third kappa shape index (κ3) is 3.59. The molecule has 1 aliphatic carbocycles. The average Bonchev–Trinajstić information content (AvgIpc) is 3.61. The monoisotopic (exact) mass is 460 g/mol. The Morgan fingerprint density at radius 3 is 2.50 bits per heavy atom. The van der Waals surface area contributed by atoms with E-state index in [-0.39, 0.29) is 29.8 Å². The van der Waals surface area contributed by atoms with Gasteiger partial charge in [0.15, 0.2) is 11.5 Å². The van der Waals surface area contributed by atoms with Crippen LogP contribution in [0.25, 0.3) is 0 Å². The van der Waals surface area contributed by atoms with E-state index in [2.05, 4.69) is 17.0 Å². The van der Waals surface area contributed by atoms with Crippen LogP contribution in [0, 0.1) is 12.8 Å². The molecule has 34 heavy (non-hydrogen) atoms. The molecule has 2 aromatic rings. The van der Waals surface area contributed by atoms with E-state index in [1.165, 1.54) is 0 Å². The lowest BCUT2D eigenvalue weighted by molar-refractivity contribution is -0.136. The first-order valence-electron chi connectivity index (χ1n) is 12.7. The van der Waals surface area contributed by atoms with Gasteiger partial charge < -0.3 is 14.1 Å². The van der Waals surface area contributed by atoms with Gasteiger partial charge in [-0.05, 0) is 69.8 Å². The second-order valence-electron chi connectivity index (χ2n) is 10.2. The Bertz CT molecular complexity index is 1100. The number of aryl methyl sites for hydroxylation is 1. The van der Waals surface area contributed by atoms with Crippen molar-refractivity contribution in [2.45, 2.75) is 63.6 Å². The summed E-state index contributed by atoms with van der Waals surface area (Å²) in [5.41, 5.74) is 2.68. The highest BCUT2D eigenvalue weighted by atomic mass is 16.5. The highest BCUT2D eigenvalue weighted by Gasteiger charge is 2.52. The summed E-state index contributed by atoms with van der Waals surface area (Å²) in [6, 6.07) is 11.6. The van der Waals surface area contributed by atoms with Crippen LogP contribution in [0.2, 0.25) is 0 Å². The third-order valence-electron chi connectivity index (χ3n) is 8.07. The van der Waals surface area contributed by atoms with Gasteiger partial charge in [-0.1, -0.05) is 36.2 Å². The highest BCUT2D eigenvalue weighted by molar-refractivity contribution is 6.11. The van der Waals surface area contributed by atoms with Crippen LogP contribution in [0.4, 0.5) is 0 Å². The number of rotatable bonds is 5. The van der Waals surface area contributed by atoms with Crippen molar-refractivity contribution < 1.29 is 18.7 Å². The number of carbonyl (C=O) groups excluding carboxylic acids is 2. The Morgan fingerprint density at radius 2 is 1.76 bits per heavy atom. The summed E-state index contributed by atoms with van der Waals surface area (Å²) < 4.78 is 12.2. The first kappa shape index (κ1) is 21.7. The molecule has 0 radical (unpaired) electrons. The second-order valence-corrected chi connectivity index (χ2v) is 10.2. The van der Waals surface area contributed by atoms with Gasteiger partial charge in [-0.2, -0.15) is 0 Å². The summed E-state index contributed by atoms with van der Waals surface area (Å²) in [5.74, 6) is 0.978. The number of carbonyl (C=O) groups is 2. The van der Waals surface area contributed by atoms with Gasteiger partial charge in [-0.3, -0.25) is 14.5 Å². The number of hydrogen-bond acceptors (Lipinski definition) is 5. The van der Waals surface area contributed by atoms with Crippen LogP contribution < -0.4 is 0 Å². The van der Waals surface area contributed by atoms with Crippen molar-refractivity contribution in [3.05, 3.63) is 70.9 Å². The molecule has 1 saturated carbocycles. The number of benzene rings is 1. The van der Waals surface area contributed by atoms with E-state index in [0.717, 1.165) is 68.5 Å². The molecule has 6 rings (SSSR count). The quantitative estimate of drug-likeness (QED) is 0.646. The van der Waals surface area contributed by atoms with E-state index in [9.17, 15) is 9.59 Å². The zero-order chi connectivity index (χ0) is 23.2. The van der Waals surface area contributed by atoms with Gasteiger partial charge in [-0.25, -0.2) is 0 Å². The van der Waals surface area contributed by atoms with Crippen LogP contribution in [0.3, 0.4) is 0 Å². The van der Waals surface area contributed by atoms with E-state index in [1.54, 1.807) is 6.26 Å². The Morgan fingerprint density at radius 1 is 1.00 bits per heavy atom. The molecule has 1 aromatic carbocycles. The molecule has 1 amide bonds. The van der Waals surface area contributed by atoms with Crippen molar-refractivity contribution in [3.8, 4) is 0 Å². The molecular weight excluding hydrogens is 428 g/mol. The van der Waals surface area contributed by atoms with Crippen molar-refractivity contribution in [3.63, 3.8) is 0 Å². The minimum atomic E-state index is -0.418. The van der Waals surface area contributed by atoms with Crippen molar-refractivity contribution in [2.24, 2.45) is 5.92 Å². The molecule has 6 nitrogen and oxygen atoms in total. The zero-order valence-corrected chi connectivity index (χ0v) is 19.7. The molecule has 1 aromatic heterocycles. The molecule has 4 heterocycles. The smallest absolute Gasteiger partial charge is 0.290 e. The molecule has 3 aliphatic heterocycles. The molecule has 4 atom stereocenters. The Balaban J connectivity index is 1.40. The van der Waals surface area contributed by atoms with Crippen molar-refractivity contribution in [2.75, 3.05) is 19.6 Å². The first-order valence-corrected chi connectivity index (χ1v) is 12.7. The number of nitrogens with zero attached hydrogens (tertiary/aromatic N) is 2. The molecule has 6 heteroatoms. The van der Waals surface area contributed by atoms with Crippen molar-refractivity contribution in [1.29, 1.82) is 0 Å². The summed E-state index contributed by atoms with van der Waals surface area (Å²) >= 11 is 0. The van der Waals surface area contributed by atoms with Crippen LogP contribution >= 0.6 is 0 Å². The lowest BCUT2D eigenvalue weighted by Crippen LogP contribution is -2.40. The summed E-state index contributed by atoms with van der Waals surface area (Å²) in [6.07, 6.45) is 7.60. The topological polar surface area (TPSA) is 63.0 Å². The maximum absolute atomic E-state index is 13.9.